The Kier molecular flexibility index (Phi) is 19.4. The minimum atomic E-state index is -1.30. The molecule has 7 aromatic carbocycles. The molecule has 0 spiro atoms. The second-order valence-corrected chi connectivity index (χ2v) is 21.1. The average Bonchev–Trinajstić information content (AvgIpc) is 4.41. The molecule has 3 fully saturated rings. The summed E-state index contributed by atoms with van der Waals surface area (Å²) in [7, 11) is 4.59. The number of likely N-dealkylation sites (tertiary alicyclic amines) is 3. The van der Waals surface area contributed by atoms with Gasteiger partial charge in [0.25, 0.3) is 17.7 Å². The van der Waals surface area contributed by atoms with E-state index in [9.17, 15) is 44.1 Å². The van der Waals surface area contributed by atoms with Gasteiger partial charge in [0.15, 0.2) is 0 Å². The largest absolute Gasteiger partial charge is 0.497 e. The first kappa shape index (κ1) is 59.5. The fourth-order valence-electron chi connectivity index (χ4n) is 11.1. The fraction of sp³-hybridized carbons (Fsp3) is 0.262. The van der Waals surface area contributed by atoms with Crippen molar-refractivity contribution >= 4 is 58.8 Å². The molecular weight excluding hydrogens is 1090 g/mol. The Hall–Kier alpha value is -8.66. The summed E-state index contributed by atoms with van der Waals surface area (Å²) in [5.41, 5.74) is 4.73. The quantitative estimate of drug-likeness (QED) is 0.0932. The van der Waals surface area contributed by atoms with E-state index in [2.05, 4.69) is 0 Å². The third kappa shape index (κ3) is 13.2. The zero-order valence-electron chi connectivity index (χ0n) is 45.7. The van der Waals surface area contributed by atoms with E-state index in [-0.39, 0.29) is 29.8 Å². The SMILES string of the molecule is COc1cccc(C(=O)N2C(Cc3ccccc3Cl)CC[C@H]2C(=O)O)c1.COc1cccc(C(=O)N2C(c3ccc(-c4ccccc4)cc3)CC[C@H]2C(=O)O)c1.COc1cccc(C(=O)N2[C@@H](c3ccccc3Cl)CC[C@@]2(C)C(=O)O)c1. The summed E-state index contributed by atoms with van der Waals surface area (Å²) < 4.78 is 15.6. The van der Waals surface area contributed by atoms with Crippen LogP contribution in [0.4, 0.5) is 0 Å². The van der Waals surface area contributed by atoms with Gasteiger partial charge >= 0.3 is 17.9 Å². The van der Waals surface area contributed by atoms with Gasteiger partial charge in [-0.05, 0) is 146 Å². The minimum Gasteiger partial charge on any atom is -0.497 e. The second-order valence-electron chi connectivity index (χ2n) is 20.3. The van der Waals surface area contributed by atoms with E-state index < -0.39 is 41.6 Å². The van der Waals surface area contributed by atoms with Crippen molar-refractivity contribution < 1.29 is 58.3 Å². The lowest BCUT2D eigenvalue weighted by atomic mass is 9.98. The van der Waals surface area contributed by atoms with Crippen LogP contribution < -0.4 is 14.2 Å². The number of rotatable bonds is 14. The van der Waals surface area contributed by atoms with Crippen molar-refractivity contribution in [3.8, 4) is 28.4 Å². The number of hydrogen-bond donors (Lipinski definition) is 3. The standard InChI is InChI=1S/C25H23NO4.2C20H20ClNO4/c1-30-21-9-5-8-20(16-21)24(27)26-22(14-15-23(26)25(28)29)19-12-10-18(11-13-19)17-6-3-2-4-7-17;1-20(19(24)25)11-10-17(15-8-3-4-9-16(15)21)22(20)18(23)13-6-5-7-14(12-13)26-2;1-26-16-7-4-6-14(12-16)19(23)22-15(9-10-18(22)20(24)25)11-13-5-2-3-8-17(13)21/h2-13,16,22-23H,14-15H2,1H3,(H,28,29);3-9,12,17H,10-11H2,1-2H3,(H,24,25);2-8,12,15,18H,9-11H2,1H3,(H,24,25)/t22?,23-;17-,20+;15?,18-/m010/s1. The zero-order chi connectivity index (χ0) is 58.7. The van der Waals surface area contributed by atoms with Gasteiger partial charge in [0.1, 0.15) is 34.9 Å². The second kappa shape index (κ2) is 26.7. The molecule has 3 amide bonds. The molecule has 3 aliphatic rings. The van der Waals surface area contributed by atoms with Crippen LogP contribution in [0.3, 0.4) is 0 Å². The van der Waals surface area contributed by atoms with Crippen molar-refractivity contribution in [1.29, 1.82) is 0 Å². The van der Waals surface area contributed by atoms with E-state index in [1.807, 2.05) is 91.0 Å². The number of carboxylic acids is 3. The molecule has 2 unspecified atom stereocenters. The van der Waals surface area contributed by atoms with Gasteiger partial charge in [-0.15, -0.1) is 0 Å². The average molecular weight is 1150 g/mol. The molecule has 424 valence electrons. The Labute approximate surface area is 486 Å². The molecule has 0 saturated carbocycles. The number of halogens is 2. The van der Waals surface area contributed by atoms with Crippen LogP contribution in [0.1, 0.15) is 105 Å². The number of carbonyl (C=O) groups is 6. The summed E-state index contributed by atoms with van der Waals surface area (Å²) in [6, 6.07) is 50.5. The molecule has 0 aromatic heterocycles. The van der Waals surface area contributed by atoms with Gasteiger partial charge in [0, 0.05) is 32.8 Å². The number of carbonyl (C=O) groups excluding carboxylic acids is 3. The summed E-state index contributed by atoms with van der Waals surface area (Å²) >= 11 is 12.6. The number of amides is 3. The molecule has 7 aromatic rings. The number of methoxy groups -OCH3 is 3. The Morgan fingerprint density at radius 3 is 1.50 bits per heavy atom. The van der Waals surface area contributed by atoms with Crippen molar-refractivity contribution in [1.82, 2.24) is 14.7 Å². The molecular formula is C65H63Cl2N3O12. The van der Waals surface area contributed by atoms with E-state index in [0.29, 0.717) is 88.9 Å². The highest BCUT2D eigenvalue weighted by Crippen LogP contribution is 2.46. The zero-order valence-corrected chi connectivity index (χ0v) is 47.2. The molecule has 0 aliphatic carbocycles. The van der Waals surface area contributed by atoms with Crippen LogP contribution in [-0.2, 0) is 20.8 Å². The Morgan fingerprint density at radius 2 is 0.976 bits per heavy atom. The molecule has 3 N–H and O–H groups in total. The summed E-state index contributed by atoms with van der Waals surface area (Å²) in [5, 5.41) is 30.3. The molecule has 0 radical (unpaired) electrons. The molecule has 10 rings (SSSR count). The van der Waals surface area contributed by atoms with Crippen LogP contribution in [-0.4, -0.2) is 111 Å². The molecule has 15 nitrogen and oxygen atoms in total. The normalized spacial score (nSPS) is 19.9. The fourth-order valence-corrected chi connectivity index (χ4v) is 11.6. The summed E-state index contributed by atoms with van der Waals surface area (Å²) in [4.78, 5) is 79.7. The highest BCUT2D eigenvalue weighted by molar-refractivity contribution is 6.31. The first-order valence-corrected chi connectivity index (χ1v) is 27.5. The van der Waals surface area contributed by atoms with Crippen molar-refractivity contribution in [2.24, 2.45) is 0 Å². The smallest absolute Gasteiger partial charge is 0.329 e. The molecule has 17 heteroatoms. The maximum atomic E-state index is 13.3. The number of nitrogens with zero attached hydrogens (tertiary/aromatic N) is 3. The Balaban J connectivity index is 0.000000162. The first-order valence-electron chi connectivity index (χ1n) is 26.7. The molecule has 3 heterocycles. The van der Waals surface area contributed by atoms with Crippen molar-refractivity contribution in [3.63, 3.8) is 0 Å². The van der Waals surface area contributed by atoms with Crippen LogP contribution >= 0.6 is 23.2 Å². The number of ether oxygens (including phenoxy) is 3. The number of benzene rings is 7. The Morgan fingerprint density at radius 1 is 0.500 bits per heavy atom. The third-order valence-electron chi connectivity index (χ3n) is 15.4. The molecule has 3 aliphatic heterocycles. The highest BCUT2D eigenvalue weighted by atomic mass is 35.5. The molecule has 0 bridgehead atoms. The van der Waals surface area contributed by atoms with Crippen LogP contribution in [0.5, 0.6) is 17.2 Å². The lowest BCUT2D eigenvalue weighted by Gasteiger charge is -2.36. The minimum absolute atomic E-state index is 0.213. The first-order chi connectivity index (χ1) is 39.5. The lowest BCUT2D eigenvalue weighted by molar-refractivity contribution is -0.148. The Bertz CT molecular complexity index is 3430. The van der Waals surface area contributed by atoms with Crippen molar-refractivity contribution in [3.05, 3.63) is 219 Å². The predicted molar refractivity (Wildman–Crippen MR) is 312 cm³/mol. The summed E-state index contributed by atoms with van der Waals surface area (Å²) in [5.74, 6) is -2.26. The predicted octanol–water partition coefficient (Wildman–Crippen LogP) is 12.6. The maximum absolute atomic E-state index is 13.3. The molecule has 82 heavy (non-hydrogen) atoms. The van der Waals surface area contributed by atoms with Crippen LogP contribution in [0.15, 0.2) is 176 Å². The monoisotopic (exact) mass is 1150 g/mol. The van der Waals surface area contributed by atoms with E-state index >= 15 is 0 Å². The summed E-state index contributed by atoms with van der Waals surface area (Å²) in [6.45, 7) is 1.59. The maximum Gasteiger partial charge on any atom is 0.329 e. The summed E-state index contributed by atoms with van der Waals surface area (Å²) in [6.07, 6.45) is 3.50. The number of aliphatic carboxylic acids is 3. The van der Waals surface area contributed by atoms with Gasteiger partial charge in [-0.25, -0.2) is 14.4 Å². The van der Waals surface area contributed by atoms with Gasteiger partial charge in [-0.2, -0.15) is 0 Å². The van der Waals surface area contributed by atoms with Crippen molar-refractivity contribution in [2.75, 3.05) is 21.3 Å². The number of carboxylic acid groups (broad SMARTS) is 3. The van der Waals surface area contributed by atoms with Gasteiger partial charge in [0.2, 0.25) is 0 Å². The number of hydrogen-bond acceptors (Lipinski definition) is 9. The van der Waals surface area contributed by atoms with Gasteiger partial charge in [-0.1, -0.05) is 132 Å². The van der Waals surface area contributed by atoms with E-state index in [0.717, 1.165) is 27.8 Å². The van der Waals surface area contributed by atoms with Crippen LogP contribution in [0.25, 0.3) is 11.1 Å². The topological polar surface area (TPSA) is 201 Å². The van der Waals surface area contributed by atoms with Crippen molar-refractivity contribution in [2.45, 2.75) is 87.6 Å². The van der Waals surface area contributed by atoms with Crippen LogP contribution in [0.2, 0.25) is 10.0 Å². The highest BCUT2D eigenvalue weighted by Gasteiger charge is 2.52. The molecule has 6 atom stereocenters. The van der Waals surface area contributed by atoms with E-state index in [1.165, 1.54) is 36.0 Å². The van der Waals surface area contributed by atoms with E-state index in [1.54, 1.807) is 91.9 Å². The van der Waals surface area contributed by atoms with Gasteiger partial charge in [-0.3, -0.25) is 14.4 Å². The lowest BCUT2D eigenvalue weighted by Crippen LogP contribution is -2.51. The van der Waals surface area contributed by atoms with Gasteiger partial charge < -0.3 is 44.2 Å². The third-order valence-corrected chi connectivity index (χ3v) is 16.1. The van der Waals surface area contributed by atoms with E-state index in [4.69, 9.17) is 37.4 Å². The van der Waals surface area contributed by atoms with Crippen LogP contribution in [0, 0.1) is 0 Å². The van der Waals surface area contributed by atoms with Gasteiger partial charge in [0.05, 0.1) is 33.4 Å². The molecule has 3 saturated heterocycles.